The summed E-state index contributed by atoms with van der Waals surface area (Å²) in [6.07, 6.45) is 0.502. The molecular formula is C19H23ClN2O2. The Morgan fingerprint density at radius 1 is 1.17 bits per heavy atom. The van der Waals surface area contributed by atoms with Crippen molar-refractivity contribution in [3.05, 3.63) is 53.1 Å². The molecule has 2 rings (SSSR count). The maximum atomic E-state index is 12.0. The molecule has 0 spiro atoms. The fourth-order valence-corrected chi connectivity index (χ4v) is 2.40. The van der Waals surface area contributed by atoms with Gasteiger partial charge in [0.25, 0.3) is 0 Å². The van der Waals surface area contributed by atoms with E-state index in [2.05, 4.69) is 10.6 Å². The molecule has 2 aromatic rings. The predicted molar refractivity (Wildman–Crippen MR) is 100 cm³/mol. The van der Waals surface area contributed by atoms with E-state index in [1.165, 1.54) is 0 Å². The number of anilines is 2. The highest BCUT2D eigenvalue weighted by Gasteiger charge is 2.05. The standard InChI is InChI=1S/C19H23ClN2O2/c1-13(2)24-16-9-7-15(8-10-16)22-19(23)11-12-21-18-6-4-5-17(20)14(18)3/h4-10,13,21H,11-12H2,1-3H3,(H,22,23). The van der Waals surface area contributed by atoms with E-state index in [-0.39, 0.29) is 12.0 Å². The van der Waals surface area contributed by atoms with E-state index in [0.29, 0.717) is 18.0 Å². The van der Waals surface area contributed by atoms with Gasteiger partial charge in [-0.1, -0.05) is 17.7 Å². The molecule has 0 saturated heterocycles. The van der Waals surface area contributed by atoms with Crippen LogP contribution in [0.15, 0.2) is 42.5 Å². The summed E-state index contributed by atoms with van der Waals surface area (Å²) in [5.74, 6) is 0.751. The fraction of sp³-hybridized carbons (Fsp3) is 0.316. The van der Waals surface area contributed by atoms with Gasteiger partial charge in [-0.05, 0) is 62.7 Å². The summed E-state index contributed by atoms with van der Waals surface area (Å²) < 4.78 is 5.58. The number of carbonyl (C=O) groups is 1. The first-order chi connectivity index (χ1) is 11.5. The number of nitrogens with one attached hydrogen (secondary N) is 2. The lowest BCUT2D eigenvalue weighted by molar-refractivity contribution is -0.115. The summed E-state index contributed by atoms with van der Waals surface area (Å²) in [6.45, 7) is 6.45. The number of rotatable bonds is 7. The predicted octanol–water partition coefficient (Wildman–Crippen LogP) is 4.88. The first kappa shape index (κ1) is 18.1. The smallest absolute Gasteiger partial charge is 0.226 e. The molecule has 0 aliphatic rings. The van der Waals surface area contributed by atoms with Crippen LogP contribution in [-0.2, 0) is 4.79 Å². The molecule has 0 heterocycles. The summed E-state index contributed by atoms with van der Waals surface area (Å²) in [4.78, 5) is 12.0. The van der Waals surface area contributed by atoms with Gasteiger partial charge in [-0.3, -0.25) is 4.79 Å². The Balaban J connectivity index is 1.80. The zero-order valence-electron chi connectivity index (χ0n) is 14.2. The van der Waals surface area contributed by atoms with Crippen LogP contribution in [0.5, 0.6) is 5.75 Å². The van der Waals surface area contributed by atoms with Crippen LogP contribution in [0.25, 0.3) is 0 Å². The van der Waals surface area contributed by atoms with Gasteiger partial charge in [-0.15, -0.1) is 0 Å². The third-order valence-corrected chi connectivity index (χ3v) is 3.85. The second kappa shape index (κ2) is 8.60. The lowest BCUT2D eigenvalue weighted by Gasteiger charge is -2.12. The third kappa shape index (κ3) is 5.46. The lowest BCUT2D eigenvalue weighted by Crippen LogP contribution is -2.16. The van der Waals surface area contributed by atoms with E-state index < -0.39 is 0 Å². The van der Waals surface area contributed by atoms with Crippen molar-refractivity contribution in [1.29, 1.82) is 0 Å². The third-order valence-electron chi connectivity index (χ3n) is 3.45. The van der Waals surface area contributed by atoms with E-state index in [1.54, 1.807) is 0 Å². The van der Waals surface area contributed by atoms with Gasteiger partial charge in [0.1, 0.15) is 5.75 Å². The fourth-order valence-electron chi connectivity index (χ4n) is 2.22. The molecule has 0 aromatic heterocycles. The van der Waals surface area contributed by atoms with Gasteiger partial charge in [0.15, 0.2) is 0 Å². The van der Waals surface area contributed by atoms with Crippen LogP contribution in [0.3, 0.4) is 0 Å². The Kier molecular flexibility index (Phi) is 6.50. The Morgan fingerprint density at radius 2 is 1.88 bits per heavy atom. The van der Waals surface area contributed by atoms with Crippen molar-refractivity contribution in [3.63, 3.8) is 0 Å². The molecule has 2 N–H and O–H groups in total. The van der Waals surface area contributed by atoms with Gasteiger partial charge in [0.2, 0.25) is 5.91 Å². The number of amides is 1. The highest BCUT2D eigenvalue weighted by atomic mass is 35.5. The van der Waals surface area contributed by atoms with Gasteiger partial charge < -0.3 is 15.4 Å². The zero-order chi connectivity index (χ0) is 17.5. The van der Waals surface area contributed by atoms with Gasteiger partial charge in [-0.2, -0.15) is 0 Å². The molecule has 2 aromatic carbocycles. The first-order valence-corrected chi connectivity index (χ1v) is 8.39. The maximum absolute atomic E-state index is 12.0. The van der Waals surface area contributed by atoms with Crippen molar-refractivity contribution in [3.8, 4) is 5.75 Å². The Hall–Kier alpha value is -2.20. The minimum atomic E-state index is -0.0419. The molecule has 0 atom stereocenters. The first-order valence-electron chi connectivity index (χ1n) is 8.01. The average molecular weight is 347 g/mol. The SMILES string of the molecule is Cc1c(Cl)cccc1NCCC(=O)Nc1ccc(OC(C)C)cc1. The number of hydrogen-bond acceptors (Lipinski definition) is 3. The van der Waals surface area contributed by atoms with Crippen molar-refractivity contribution in [2.45, 2.75) is 33.3 Å². The zero-order valence-corrected chi connectivity index (χ0v) is 15.0. The monoisotopic (exact) mass is 346 g/mol. The van der Waals surface area contributed by atoms with Gasteiger partial charge in [-0.25, -0.2) is 0 Å². The van der Waals surface area contributed by atoms with Crippen LogP contribution >= 0.6 is 11.6 Å². The van der Waals surface area contributed by atoms with Gasteiger partial charge in [0, 0.05) is 29.4 Å². The number of ether oxygens (including phenoxy) is 1. The quantitative estimate of drug-likeness (QED) is 0.751. The number of carbonyl (C=O) groups excluding carboxylic acids is 1. The summed E-state index contributed by atoms with van der Waals surface area (Å²) >= 11 is 6.08. The highest BCUT2D eigenvalue weighted by Crippen LogP contribution is 2.22. The van der Waals surface area contributed by atoms with Crippen LogP contribution in [0.4, 0.5) is 11.4 Å². The van der Waals surface area contributed by atoms with Crippen LogP contribution in [0, 0.1) is 6.92 Å². The van der Waals surface area contributed by atoms with E-state index >= 15 is 0 Å². The Labute approximate surface area is 148 Å². The molecule has 4 nitrogen and oxygen atoms in total. The van der Waals surface area contributed by atoms with Crippen LogP contribution < -0.4 is 15.4 Å². The normalized spacial score (nSPS) is 10.5. The molecule has 0 aliphatic carbocycles. The molecule has 0 unspecified atom stereocenters. The van der Waals surface area contributed by atoms with Crippen molar-refractivity contribution >= 4 is 28.9 Å². The molecule has 0 radical (unpaired) electrons. The molecule has 24 heavy (non-hydrogen) atoms. The van der Waals surface area contributed by atoms with Crippen molar-refractivity contribution in [2.24, 2.45) is 0 Å². The number of halogens is 1. The van der Waals surface area contributed by atoms with Gasteiger partial charge in [0.05, 0.1) is 6.10 Å². The molecule has 0 saturated carbocycles. The van der Waals surface area contributed by atoms with Crippen molar-refractivity contribution in [1.82, 2.24) is 0 Å². The van der Waals surface area contributed by atoms with Crippen molar-refractivity contribution in [2.75, 3.05) is 17.2 Å². The Morgan fingerprint density at radius 3 is 2.54 bits per heavy atom. The summed E-state index contributed by atoms with van der Waals surface area (Å²) in [5.41, 5.74) is 2.70. The van der Waals surface area contributed by atoms with E-state index in [9.17, 15) is 4.79 Å². The van der Waals surface area contributed by atoms with Crippen molar-refractivity contribution < 1.29 is 9.53 Å². The van der Waals surface area contributed by atoms with E-state index in [4.69, 9.17) is 16.3 Å². The summed E-state index contributed by atoms with van der Waals surface area (Å²) in [7, 11) is 0. The maximum Gasteiger partial charge on any atom is 0.226 e. The number of benzene rings is 2. The number of hydrogen-bond donors (Lipinski definition) is 2. The molecule has 0 aliphatic heterocycles. The summed E-state index contributed by atoms with van der Waals surface area (Å²) in [6, 6.07) is 13.1. The highest BCUT2D eigenvalue weighted by molar-refractivity contribution is 6.31. The molecular weight excluding hydrogens is 324 g/mol. The van der Waals surface area contributed by atoms with Crippen LogP contribution in [0.1, 0.15) is 25.8 Å². The van der Waals surface area contributed by atoms with E-state index in [1.807, 2.05) is 63.2 Å². The molecule has 0 bridgehead atoms. The largest absolute Gasteiger partial charge is 0.491 e. The van der Waals surface area contributed by atoms with Gasteiger partial charge >= 0.3 is 0 Å². The summed E-state index contributed by atoms with van der Waals surface area (Å²) in [5, 5.41) is 6.83. The van der Waals surface area contributed by atoms with Crippen LogP contribution in [-0.4, -0.2) is 18.6 Å². The van der Waals surface area contributed by atoms with Crippen LogP contribution in [0.2, 0.25) is 5.02 Å². The molecule has 5 heteroatoms. The second-order valence-electron chi connectivity index (χ2n) is 5.83. The molecule has 128 valence electrons. The molecule has 0 fully saturated rings. The lowest BCUT2D eigenvalue weighted by atomic mass is 10.2. The topological polar surface area (TPSA) is 50.4 Å². The second-order valence-corrected chi connectivity index (χ2v) is 6.24. The minimum Gasteiger partial charge on any atom is -0.491 e. The average Bonchev–Trinajstić information content (AvgIpc) is 2.53. The van der Waals surface area contributed by atoms with E-state index in [0.717, 1.165) is 22.7 Å². The molecule has 1 amide bonds. The Bertz CT molecular complexity index is 684. The minimum absolute atomic E-state index is 0.0419.